The molecule has 6 heteroatoms. The van der Waals surface area contributed by atoms with E-state index in [4.69, 9.17) is 4.42 Å². The van der Waals surface area contributed by atoms with E-state index in [1.54, 1.807) is 11.2 Å². The largest absolute Gasteiger partial charge is 0.467 e. The molecule has 3 saturated heterocycles. The standard InChI is InChI=1S/C17H21N3O3/c1-2-11-12-8-18-9-17(12)15(21)19(10-5-6-10)16(22)20(17)14(11)13-4-3-7-23-13/h3-4,7,10-12,14,18H,2,5-6,8-9H2,1H3/t11-,12+,14-,17+/m0/s1. The number of nitrogens with one attached hydrogen (secondary N) is 1. The molecule has 3 aliphatic heterocycles. The van der Waals surface area contributed by atoms with Gasteiger partial charge in [-0.25, -0.2) is 4.79 Å². The van der Waals surface area contributed by atoms with Crippen molar-refractivity contribution in [3.05, 3.63) is 24.2 Å². The van der Waals surface area contributed by atoms with E-state index in [1.165, 1.54) is 0 Å². The van der Waals surface area contributed by atoms with Crippen LogP contribution in [0, 0.1) is 11.8 Å². The van der Waals surface area contributed by atoms with E-state index in [0.29, 0.717) is 6.54 Å². The van der Waals surface area contributed by atoms with Gasteiger partial charge in [0.2, 0.25) is 0 Å². The molecular weight excluding hydrogens is 294 g/mol. The lowest BCUT2D eigenvalue weighted by Crippen LogP contribution is -2.51. The van der Waals surface area contributed by atoms with Crippen LogP contribution in [0.1, 0.15) is 38.0 Å². The molecule has 0 aromatic carbocycles. The lowest BCUT2D eigenvalue weighted by Gasteiger charge is -2.29. The van der Waals surface area contributed by atoms with E-state index in [0.717, 1.165) is 31.6 Å². The fourth-order valence-corrected chi connectivity index (χ4v) is 5.15. The molecule has 1 aromatic rings. The highest BCUT2D eigenvalue weighted by Gasteiger charge is 2.73. The Bertz CT molecular complexity index is 669. The fourth-order valence-electron chi connectivity index (χ4n) is 5.15. The van der Waals surface area contributed by atoms with Gasteiger partial charge >= 0.3 is 6.03 Å². The van der Waals surface area contributed by atoms with Crippen LogP contribution in [0.25, 0.3) is 0 Å². The van der Waals surface area contributed by atoms with Crippen molar-refractivity contribution >= 4 is 11.9 Å². The van der Waals surface area contributed by atoms with Crippen LogP contribution in [0.15, 0.2) is 22.8 Å². The van der Waals surface area contributed by atoms with Crippen LogP contribution >= 0.6 is 0 Å². The van der Waals surface area contributed by atoms with Gasteiger partial charge in [-0.15, -0.1) is 0 Å². The summed E-state index contributed by atoms with van der Waals surface area (Å²) in [7, 11) is 0. The molecule has 1 spiro atoms. The van der Waals surface area contributed by atoms with Gasteiger partial charge in [-0.05, 0) is 30.9 Å². The normalized spacial score (nSPS) is 39.3. The zero-order chi connectivity index (χ0) is 15.8. The minimum atomic E-state index is -0.697. The summed E-state index contributed by atoms with van der Waals surface area (Å²) < 4.78 is 5.67. The summed E-state index contributed by atoms with van der Waals surface area (Å²) in [6, 6.07) is 3.69. The molecule has 4 heterocycles. The van der Waals surface area contributed by atoms with E-state index in [9.17, 15) is 9.59 Å². The van der Waals surface area contributed by atoms with E-state index in [1.807, 2.05) is 17.0 Å². The minimum Gasteiger partial charge on any atom is -0.467 e. The second-order valence-corrected chi connectivity index (χ2v) is 7.25. The summed E-state index contributed by atoms with van der Waals surface area (Å²) in [5.41, 5.74) is -0.697. The number of furan rings is 1. The van der Waals surface area contributed by atoms with Gasteiger partial charge in [0.15, 0.2) is 0 Å². The lowest BCUT2D eigenvalue weighted by atomic mass is 9.79. The average molecular weight is 315 g/mol. The van der Waals surface area contributed by atoms with Gasteiger partial charge in [0.05, 0.1) is 12.3 Å². The van der Waals surface area contributed by atoms with E-state index < -0.39 is 5.54 Å². The smallest absolute Gasteiger partial charge is 0.328 e. The number of hydrogen-bond acceptors (Lipinski definition) is 4. The topological polar surface area (TPSA) is 65.8 Å². The van der Waals surface area contributed by atoms with Gasteiger partial charge in [-0.3, -0.25) is 14.6 Å². The number of urea groups is 1. The van der Waals surface area contributed by atoms with Crippen LogP contribution in [0.4, 0.5) is 4.79 Å². The Balaban J connectivity index is 1.67. The van der Waals surface area contributed by atoms with Crippen molar-refractivity contribution in [3.63, 3.8) is 0 Å². The maximum Gasteiger partial charge on any atom is 0.328 e. The highest BCUT2D eigenvalue weighted by Crippen LogP contribution is 2.58. The van der Waals surface area contributed by atoms with Crippen LogP contribution < -0.4 is 5.32 Å². The number of carbonyl (C=O) groups is 2. The minimum absolute atomic E-state index is 0.0208. The predicted octanol–water partition coefficient (Wildman–Crippen LogP) is 1.75. The van der Waals surface area contributed by atoms with Gasteiger partial charge < -0.3 is 9.73 Å². The Kier molecular flexibility index (Phi) is 2.59. The van der Waals surface area contributed by atoms with Crippen LogP contribution in [-0.2, 0) is 4.79 Å². The third kappa shape index (κ3) is 1.48. The Labute approximate surface area is 134 Å². The molecule has 1 aliphatic carbocycles. The first-order valence-corrected chi connectivity index (χ1v) is 8.61. The molecule has 0 bridgehead atoms. The molecular formula is C17H21N3O3. The van der Waals surface area contributed by atoms with Crippen LogP contribution in [0.3, 0.4) is 0 Å². The van der Waals surface area contributed by atoms with Gasteiger partial charge in [0.25, 0.3) is 5.91 Å². The third-order valence-electron chi connectivity index (χ3n) is 6.22. The summed E-state index contributed by atoms with van der Waals surface area (Å²) in [5.74, 6) is 1.25. The number of hydrogen-bond donors (Lipinski definition) is 1. The van der Waals surface area contributed by atoms with Crippen molar-refractivity contribution in [1.82, 2.24) is 15.1 Å². The van der Waals surface area contributed by atoms with Crippen molar-refractivity contribution in [1.29, 1.82) is 0 Å². The average Bonchev–Trinajstić information content (AvgIpc) is 2.94. The summed E-state index contributed by atoms with van der Waals surface area (Å²) in [6.07, 6.45) is 4.48. The first-order chi connectivity index (χ1) is 11.2. The molecule has 0 radical (unpaired) electrons. The summed E-state index contributed by atoms with van der Waals surface area (Å²) >= 11 is 0. The van der Waals surface area contributed by atoms with Gasteiger partial charge in [-0.2, -0.15) is 0 Å². The molecule has 5 rings (SSSR count). The zero-order valence-corrected chi connectivity index (χ0v) is 13.2. The maximum atomic E-state index is 13.3. The number of amides is 3. The van der Waals surface area contributed by atoms with E-state index in [-0.39, 0.29) is 35.9 Å². The first kappa shape index (κ1) is 13.6. The quantitative estimate of drug-likeness (QED) is 0.863. The Morgan fingerprint density at radius 2 is 2.22 bits per heavy atom. The summed E-state index contributed by atoms with van der Waals surface area (Å²) in [4.78, 5) is 29.8. The molecule has 122 valence electrons. The molecule has 4 atom stereocenters. The van der Waals surface area contributed by atoms with Gasteiger partial charge in [0.1, 0.15) is 11.3 Å². The molecule has 23 heavy (non-hydrogen) atoms. The monoisotopic (exact) mass is 315 g/mol. The number of carbonyl (C=O) groups excluding carboxylic acids is 2. The molecule has 0 unspecified atom stereocenters. The number of imide groups is 1. The molecule has 3 amide bonds. The van der Waals surface area contributed by atoms with Crippen molar-refractivity contribution in [2.45, 2.75) is 43.8 Å². The van der Waals surface area contributed by atoms with Gasteiger partial charge in [-0.1, -0.05) is 13.3 Å². The van der Waals surface area contributed by atoms with Crippen molar-refractivity contribution in [3.8, 4) is 0 Å². The number of rotatable bonds is 3. The summed E-state index contributed by atoms with van der Waals surface area (Å²) in [5, 5.41) is 3.38. The highest BCUT2D eigenvalue weighted by atomic mass is 16.3. The lowest BCUT2D eigenvalue weighted by molar-refractivity contribution is -0.133. The molecule has 6 nitrogen and oxygen atoms in total. The Hall–Kier alpha value is -1.82. The fraction of sp³-hybridized carbons (Fsp3) is 0.647. The second-order valence-electron chi connectivity index (χ2n) is 7.25. The molecule has 1 aromatic heterocycles. The molecule has 1 N–H and O–H groups in total. The van der Waals surface area contributed by atoms with Crippen LogP contribution in [0.2, 0.25) is 0 Å². The highest BCUT2D eigenvalue weighted by molar-refractivity contribution is 6.09. The van der Waals surface area contributed by atoms with Crippen molar-refractivity contribution < 1.29 is 14.0 Å². The van der Waals surface area contributed by atoms with Crippen molar-refractivity contribution in [2.24, 2.45) is 11.8 Å². The summed E-state index contributed by atoms with van der Waals surface area (Å²) in [6.45, 7) is 3.51. The zero-order valence-electron chi connectivity index (χ0n) is 13.2. The molecule has 4 aliphatic rings. The molecule has 1 saturated carbocycles. The van der Waals surface area contributed by atoms with Crippen LogP contribution in [0.5, 0.6) is 0 Å². The van der Waals surface area contributed by atoms with Crippen molar-refractivity contribution in [2.75, 3.05) is 13.1 Å². The van der Waals surface area contributed by atoms with Gasteiger partial charge in [0, 0.05) is 25.0 Å². The van der Waals surface area contributed by atoms with Crippen LogP contribution in [-0.4, -0.2) is 46.4 Å². The second kappa shape index (κ2) is 4.38. The van der Waals surface area contributed by atoms with E-state index >= 15 is 0 Å². The molecule has 4 fully saturated rings. The maximum absolute atomic E-state index is 13.3. The SMILES string of the molecule is CC[C@@H]1[C@@H](c2ccco2)N2C(=O)N(C3CC3)C(=O)[C@]23CNC[C@H]13. The third-order valence-corrected chi connectivity index (χ3v) is 6.22. The number of nitrogens with zero attached hydrogens (tertiary/aromatic N) is 2. The Morgan fingerprint density at radius 1 is 1.39 bits per heavy atom. The van der Waals surface area contributed by atoms with E-state index in [2.05, 4.69) is 12.2 Å². The Morgan fingerprint density at radius 3 is 2.87 bits per heavy atom. The predicted molar refractivity (Wildman–Crippen MR) is 81.4 cm³/mol. The first-order valence-electron chi connectivity index (χ1n) is 8.61.